The van der Waals surface area contributed by atoms with Crippen LogP contribution >= 0.6 is 11.6 Å². The highest BCUT2D eigenvalue weighted by atomic mass is 35.5. The van der Waals surface area contributed by atoms with E-state index in [9.17, 15) is 13.5 Å². The molecule has 1 atom stereocenters. The molecule has 0 aliphatic carbocycles. The number of phenols is 1. The molecule has 0 saturated carbocycles. The van der Waals surface area contributed by atoms with E-state index in [1.807, 2.05) is 0 Å². The predicted octanol–water partition coefficient (Wildman–Crippen LogP) is 2.20. The fraction of sp³-hybridized carbons (Fsp3) is 0.273. The molecule has 19 heavy (non-hydrogen) atoms. The fourth-order valence-electron chi connectivity index (χ4n) is 1.39. The molecule has 0 spiro atoms. The minimum Gasteiger partial charge on any atom is -0.507 e. The van der Waals surface area contributed by atoms with Gasteiger partial charge in [-0.05, 0) is 25.1 Å². The molecule has 6 nitrogen and oxygen atoms in total. The van der Waals surface area contributed by atoms with Crippen molar-refractivity contribution in [2.24, 2.45) is 0 Å². The quantitative estimate of drug-likeness (QED) is 0.934. The summed E-state index contributed by atoms with van der Waals surface area (Å²) in [5.74, 6) is -0.0266. The lowest BCUT2D eigenvalue weighted by molar-refractivity contribution is 0.416. The first-order chi connectivity index (χ1) is 8.79. The summed E-state index contributed by atoms with van der Waals surface area (Å²) in [5, 5.41) is 12.8. The van der Waals surface area contributed by atoms with Crippen LogP contribution in [0, 0.1) is 0 Å². The summed E-state index contributed by atoms with van der Waals surface area (Å²) in [6.07, 6.45) is 1.09. The Morgan fingerprint density at radius 3 is 2.68 bits per heavy atom. The van der Waals surface area contributed by atoms with Crippen molar-refractivity contribution < 1.29 is 18.0 Å². The monoisotopic (exact) mass is 302 g/mol. The van der Waals surface area contributed by atoms with Crippen molar-refractivity contribution in [3.63, 3.8) is 0 Å². The normalized spacial score (nSPS) is 13.4. The second-order valence-corrected chi connectivity index (χ2v) is 6.89. The van der Waals surface area contributed by atoms with Crippen LogP contribution in [0.25, 0.3) is 11.5 Å². The zero-order chi connectivity index (χ0) is 14.2. The molecular weight excluding hydrogens is 292 g/mol. The lowest BCUT2D eigenvalue weighted by atomic mass is 10.2. The van der Waals surface area contributed by atoms with Crippen LogP contribution in [0.5, 0.6) is 5.75 Å². The van der Waals surface area contributed by atoms with Crippen LogP contribution in [0.2, 0.25) is 5.02 Å². The van der Waals surface area contributed by atoms with Crippen molar-refractivity contribution in [1.82, 2.24) is 10.1 Å². The minimum absolute atomic E-state index is 0.0414. The number of nitrogens with zero attached hydrogens (tertiary/aromatic N) is 2. The first-order valence-corrected chi connectivity index (χ1v) is 7.63. The van der Waals surface area contributed by atoms with E-state index in [0.29, 0.717) is 10.6 Å². The maximum atomic E-state index is 11.4. The van der Waals surface area contributed by atoms with Gasteiger partial charge in [0.2, 0.25) is 0 Å². The van der Waals surface area contributed by atoms with Crippen molar-refractivity contribution >= 4 is 21.4 Å². The van der Waals surface area contributed by atoms with Gasteiger partial charge in [-0.2, -0.15) is 4.98 Å². The molecule has 1 heterocycles. The SMILES string of the molecule is CC(c1noc(-c2ccc(Cl)cc2O)n1)S(C)(=O)=O. The highest BCUT2D eigenvalue weighted by Gasteiger charge is 2.24. The van der Waals surface area contributed by atoms with Gasteiger partial charge in [-0.3, -0.25) is 0 Å². The molecular formula is C11H11ClN2O4S. The van der Waals surface area contributed by atoms with Crippen molar-refractivity contribution in [2.45, 2.75) is 12.2 Å². The number of aromatic nitrogens is 2. The number of aromatic hydroxyl groups is 1. The topological polar surface area (TPSA) is 93.3 Å². The lowest BCUT2D eigenvalue weighted by Crippen LogP contribution is -2.09. The van der Waals surface area contributed by atoms with Crippen molar-refractivity contribution in [3.8, 4) is 17.2 Å². The molecule has 0 saturated heterocycles. The smallest absolute Gasteiger partial charge is 0.261 e. The van der Waals surface area contributed by atoms with E-state index >= 15 is 0 Å². The van der Waals surface area contributed by atoms with E-state index in [1.54, 1.807) is 6.07 Å². The minimum atomic E-state index is -3.31. The zero-order valence-electron chi connectivity index (χ0n) is 10.2. The second kappa shape index (κ2) is 4.82. The number of benzene rings is 1. The zero-order valence-corrected chi connectivity index (χ0v) is 11.7. The van der Waals surface area contributed by atoms with Crippen LogP contribution < -0.4 is 0 Å². The Bertz CT molecular complexity index is 711. The van der Waals surface area contributed by atoms with Crippen LogP contribution in [0.1, 0.15) is 18.0 Å². The van der Waals surface area contributed by atoms with Gasteiger partial charge in [0.15, 0.2) is 15.7 Å². The molecule has 0 radical (unpaired) electrons. The Labute approximate surface area is 114 Å². The van der Waals surface area contributed by atoms with E-state index < -0.39 is 15.1 Å². The maximum Gasteiger partial charge on any atom is 0.261 e. The fourth-order valence-corrected chi connectivity index (χ4v) is 2.03. The summed E-state index contributed by atoms with van der Waals surface area (Å²) in [5.41, 5.74) is 0.295. The van der Waals surface area contributed by atoms with E-state index in [1.165, 1.54) is 19.1 Å². The number of hydrogen-bond donors (Lipinski definition) is 1. The molecule has 1 unspecified atom stereocenters. The molecule has 0 aliphatic heterocycles. The Morgan fingerprint density at radius 2 is 2.11 bits per heavy atom. The molecule has 0 amide bonds. The molecule has 102 valence electrons. The maximum absolute atomic E-state index is 11.4. The largest absolute Gasteiger partial charge is 0.507 e. The molecule has 1 aromatic carbocycles. The first-order valence-electron chi connectivity index (χ1n) is 5.30. The van der Waals surface area contributed by atoms with Crippen molar-refractivity contribution in [3.05, 3.63) is 29.0 Å². The number of halogens is 1. The van der Waals surface area contributed by atoms with Gasteiger partial charge in [0, 0.05) is 11.3 Å². The van der Waals surface area contributed by atoms with Crippen molar-refractivity contribution in [1.29, 1.82) is 0 Å². The average Bonchev–Trinajstić information content (AvgIpc) is 2.75. The highest BCUT2D eigenvalue weighted by Crippen LogP contribution is 2.31. The van der Waals surface area contributed by atoms with Gasteiger partial charge < -0.3 is 9.63 Å². The van der Waals surface area contributed by atoms with E-state index in [0.717, 1.165) is 6.26 Å². The molecule has 1 aromatic heterocycles. The summed E-state index contributed by atoms with van der Waals surface area (Å²) in [6.45, 7) is 1.46. The molecule has 0 fully saturated rings. The number of sulfone groups is 1. The van der Waals surface area contributed by atoms with Crippen LogP contribution in [-0.2, 0) is 9.84 Å². The second-order valence-electron chi connectivity index (χ2n) is 4.09. The first kappa shape index (κ1) is 13.8. The van der Waals surface area contributed by atoms with Crippen LogP contribution in [0.3, 0.4) is 0 Å². The van der Waals surface area contributed by atoms with Gasteiger partial charge in [-0.25, -0.2) is 8.42 Å². The Kier molecular flexibility index (Phi) is 3.51. The van der Waals surface area contributed by atoms with Gasteiger partial charge in [0.1, 0.15) is 11.0 Å². The molecule has 2 rings (SSSR count). The summed E-state index contributed by atoms with van der Waals surface area (Å²) in [6, 6.07) is 4.40. The molecule has 0 aliphatic rings. The van der Waals surface area contributed by atoms with Gasteiger partial charge in [0.05, 0.1) is 5.56 Å². The van der Waals surface area contributed by atoms with Crippen LogP contribution in [0.4, 0.5) is 0 Å². The number of rotatable bonds is 3. The summed E-state index contributed by atoms with van der Waals surface area (Å²) >= 11 is 5.71. The Balaban J connectivity index is 2.41. The third-order valence-corrected chi connectivity index (χ3v) is 4.37. The third kappa shape index (κ3) is 2.87. The summed E-state index contributed by atoms with van der Waals surface area (Å²) < 4.78 is 27.8. The van der Waals surface area contributed by atoms with Gasteiger partial charge >= 0.3 is 0 Å². The summed E-state index contributed by atoms with van der Waals surface area (Å²) in [4.78, 5) is 3.98. The lowest BCUT2D eigenvalue weighted by Gasteiger charge is -2.02. The number of phenolic OH excluding ortho intramolecular Hbond substituents is 1. The van der Waals surface area contributed by atoms with E-state index in [4.69, 9.17) is 16.1 Å². The van der Waals surface area contributed by atoms with E-state index in [2.05, 4.69) is 10.1 Å². The molecule has 1 N–H and O–H groups in total. The van der Waals surface area contributed by atoms with Gasteiger partial charge in [-0.1, -0.05) is 16.8 Å². The standard InChI is InChI=1S/C11H11ClN2O4S/c1-6(19(2,16)17)10-13-11(18-14-10)8-4-3-7(12)5-9(8)15/h3-6,15H,1-2H3. The summed E-state index contributed by atoms with van der Waals surface area (Å²) in [7, 11) is -3.31. The van der Waals surface area contributed by atoms with Gasteiger partial charge in [-0.15, -0.1) is 0 Å². The third-order valence-electron chi connectivity index (χ3n) is 2.64. The average molecular weight is 303 g/mol. The van der Waals surface area contributed by atoms with Crippen LogP contribution in [-0.4, -0.2) is 29.9 Å². The Morgan fingerprint density at radius 1 is 1.42 bits per heavy atom. The van der Waals surface area contributed by atoms with Crippen LogP contribution in [0.15, 0.2) is 22.7 Å². The Hall–Kier alpha value is -1.60. The van der Waals surface area contributed by atoms with Gasteiger partial charge in [0.25, 0.3) is 5.89 Å². The highest BCUT2D eigenvalue weighted by molar-refractivity contribution is 7.90. The number of hydrogen-bond acceptors (Lipinski definition) is 6. The van der Waals surface area contributed by atoms with Crippen molar-refractivity contribution in [2.75, 3.05) is 6.26 Å². The van der Waals surface area contributed by atoms with E-state index in [-0.39, 0.29) is 17.5 Å². The molecule has 2 aromatic rings. The molecule has 8 heteroatoms. The predicted molar refractivity (Wildman–Crippen MR) is 69.7 cm³/mol. The molecule has 0 bridgehead atoms.